The second-order valence-electron chi connectivity index (χ2n) is 6.74. The summed E-state index contributed by atoms with van der Waals surface area (Å²) in [5.41, 5.74) is 0.497. The molecular formula is C21H34F2O3. The number of methoxy groups -OCH3 is 3. The van der Waals surface area contributed by atoms with Crippen molar-refractivity contribution in [1.82, 2.24) is 0 Å². The molecule has 0 aliphatic carbocycles. The Morgan fingerprint density at radius 2 is 1.50 bits per heavy atom. The molecule has 0 radical (unpaired) electrons. The molecule has 0 N–H and O–H groups in total. The van der Waals surface area contributed by atoms with Gasteiger partial charge in [-0.2, -0.15) is 0 Å². The summed E-state index contributed by atoms with van der Waals surface area (Å²) in [7, 11) is 4.67. The fourth-order valence-corrected chi connectivity index (χ4v) is 3.47. The first-order chi connectivity index (χ1) is 12.5. The minimum absolute atomic E-state index is 0.0434. The Balaban J connectivity index is 2.70. The van der Waals surface area contributed by atoms with Crippen LogP contribution < -0.4 is 0 Å². The Hall–Kier alpha value is -1.04. The lowest BCUT2D eigenvalue weighted by Gasteiger charge is -2.36. The zero-order valence-corrected chi connectivity index (χ0v) is 16.7. The minimum Gasteiger partial charge on any atom is -0.331 e. The first-order valence-electron chi connectivity index (χ1n) is 9.62. The molecule has 0 bridgehead atoms. The molecular weight excluding hydrogens is 338 g/mol. The predicted octanol–water partition coefficient (Wildman–Crippen LogP) is 5.86. The molecule has 150 valence electrons. The third-order valence-electron chi connectivity index (χ3n) is 5.04. The molecule has 0 heterocycles. The summed E-state index contributed by atoms with van der Waals surface area (Å²) in [4.78, 5) is 0. The molecule has 0 saturated carbocycles. The van der Waals surface area contributed by atoms with E-state index in [2.05, 4.69) is 6.92 Å². The number of benzene rings is 1. The van der Waals surface area contributed by atoms with Crippen LogP contribution in [0.4, 0.5) is 8.78 Å². The van der Waals surface area contributed by atoms with Crippen LogP contribution in [-0.2, 0) is 20.6 Å². The Morgan fingerprint density at radius 1 is 0.885 bits per heavy atom. The second-order valence-corrected chi connectivity index (χ2v) is 6.74. The number of ether oxygens (including phenoxy) is 3. The van der Waals surface area contributed by atoms with Crippen molar-refractivity contribution in [2.45, 2.75) is 70.7 Å². The highest BCUT2D eigenvalue weighted by molar-refractivity contribution is 5.18. The van der Waals surface area contributed by atoms with E-state index in [1.165, 1.54) is 37.8 Å². The first kappa shape index (κ1) is 23.0. The van der Waals surface area contributed by atoms with Crippen molar-refractivity contribution in [3.05, 3.63) is 35.4 Å². The Morgan fingerprint density at radius 3 is 2.08 bits per heavy atom. The molecule has 1 aromatic rings. The van der Waals surface area contributed by atoms with Crippen molar-refractivity contribution in [3.8, 4) is 0 Å². The normalized spacial score (nSPS) is 13.2. The Kier molecular flexibility index (Phi) is 10.9. The molecule has 3 nitrogen and oxygen atoms in total. The lowest BCUT2D eigenvalue weighted by Crippen LogP contribution is -2.44. The highest BCUT2D eigenvalue weighted by atomic mass is 19.1. The molecule has 1 rings (SSSR count). The lowest BCUT2D eigenvalue weighted by atomic mass is 9.91. The number of hydrogen-bond donors (Lipinski definition) is 0. The van der Waals surface area contributed by atoms with E-state index in [0.717, 1.165) is 25.3 Å². The number of halogens is 2. The molecule has 0 aromatic heterocycles. The van der Waals surface area contributed by atoms with Crippen molar-refractivity contribution < 1.29 is 23.0 Å². The van der Waals surface area contributed by atoms with Crippen molar-refractivity contribution in [2.24, 2.45) is 5.92 Å². The maximum atomic E-state index is 13.9. The van der Waals surface area contributed by atoms with Gasteiger partial charge >= 0.3 is 0 Å². The van der Waals surface area contributed by atoms with Crippen LogP contribution in [-0.4, -0.2) is 27.3 Å². The van der Waals surface area contributed by atoms with Crippen molar-refractivity contribution in [2.75, 3.05) is 21.3 Å². The number of unbranched alkanes of at least 4 members (excludes halogenated alkanes) is 5. The van der Waals surface area contributed by atoms with Gasteiger partial charge < -0.3 is 14.2 Å². The van der Waals surface area contributed by atoms with E-state index < -0.39 is 17.6 Å². The molecule has 0 aliphatic heterocycles. The van der Waals surface area contributed by atoms with E-state index in [0.29, 0.717) is 18.4 Å². The van der Waals surface area contributed by atoms with Crippen molar-refractivity contribution >= 4 is 0 Å². The summed E-state index contributed by atoms with van der Waals surface area (Å²) in [6, 6.07) is 3.71. The van der Waals surface area contributed by atoms with Crippen LogP contribution in [0, 0.1) is 17.6 Å². The van der Waals surface area contributed by atoms with Crippen LogP contribution in [0.2, 0.25) is 0 Å². The zero-order valence-electron chi connectivity index (χ0n) is 16.7. The highest BCUT2D eigenvalue weighted by Crippen LogP contribution is 2.32. The lowest BCUT2D eigenvalue weighted by molar-refractivity contribution is -0.380. The van der Waals surface area contributed by atoms with Crippen LogP contribution in [0.15, 0.2) is 18.2 Å². The smallest absolute Gasteiger partial charge is 0.285 e. The van der Waals surface area contributed by atoms with Crippen LogP contribution in [0.25, 0.3) is 0 Å². The molecule has 0 amide bonds. The SMILES string of the molecule is CCCCCCCCC(CCc1ccc(F)cc1F)C(OC)(OC)OC. The molecule has 1 aromatic carbocycles. The van der Waals surface area contributed by atoms with Gasteiger partial charge in [0.2, 0.25) is 0 Å². The van der Waals surface area contributed by atoms with Gasteiger partial charge in [-0.25, -0.2) is 8.78 Å². The summed E-state index contributed by atoms with van der Waals surface area (Å²) in [5, 5.41) is 0. The van der Waals surface area contributed by atoms with Gasteiger partial charge in [-0.3, -0.25) is 0 Å². The second kappa shape index (κ2) is 12.4. The van der Waals surface area contributed by atoms with E-state index in [1.54, 1.807) is 21.3 Å². The largest absolute Gasteiger partial charge is 0.331 e. The van der Waals surface area contributed by atoms with Gasteiger partial charge in [0, 0.05) is 33.3 Å². The van der Waals surface area contributed by atoms with Gasteiger partial charge in [0.15, 0.2) is 0 Å². The standard InChI is InChI=1S/C21H34F2O3/c1-5-6-7-8-9-10-11-18(21(24-2,25-3)26-4)14-12-17-13-15-19(22)16-20(17)23/h13,15-16,18H,5-12,14H2,1-4H3. The summed E-state index contributed by atoms with van der Waals surface area (Å²) >= 11 is 0. The molecule has 1 unspecified atom stereocenters. The third-order valence-corrected chi connectivity index (χ3v) is 5.04. The third kappa shape index (κ3) is 6.93. The molecule has 1 atom stereocenters. The average molecular weight is 372 g/mol. The van der Waals surface area contributed by atoms with Gasteiger partial charge in [-0.15, -0.1) is 0 Å². The number of aryl methyl sites for hydroxylation is 1. The van der Waals surface area contributed by atoms with Crippen LogP contribution >= 0.6 is 0 Å². The molecule has 26 heavy (non-hydrogen) atoms. The average Bonchev–Trinajstić information content (AvgIpc) is 2.64. The molecule has 0 spiro atoms. The topological polar surface area (TPSA) is 27.7 Å². The molecule has 0 aliphatic rings. The van der Waals surface area contributed by atoms with Gasteiger partial charge in [0.1, 0.15) is 11.6 Å². The number of rotatable bonds is 14. The zero-order chi connectivity index (χ0) is 19.4. The molecule has 0 saturated heterocycles. The van der Waals surface area contributed by atoms with Crippen LogP contribution in [0.1, 0.15) is 63.9 Å². The number of hydrogen-bond acceptors (Lipinski definition) is 3. The molecule has 5 heteroatoms. The van der Waals surface area contributed by atoms with Gasteiger partial charge in [0.25, 0.3) is 5.97 Å². The Labute approximate surface area is 157 Å². The summed E-state index contributed by atoms with van der Waals surface area (Å²) in [5.74, 6) is -2.26. The van der Waals surface area contributed by atoms with Crippen molar-refractivity contribution in [1.29, 1.82) is 0 Å². The van der Waals surface area contributed by atoms with Crippen molar-refractivity contribution in [3.63, 3.8) is 0 Å². The monoisotopic (exact) mass is 372 g/mol. The predicted molar refractivity (Wildman–Crippen MR) is 99.9 cm³/mol. The van der Waals surface area contributed by atoms with E-state index in [1.807, 2.05) is 0 Å². The van der Waals surface area contributed by atoms with E-state index >= 15 is 0 Å². The minimum atomic E-state index is -1.14. The quantitative estimate of drug-likeness (QED) is 0.302. The molecule has 0 fully saturated rings. The fraction of sp³-hybridized carbons (Fsp3) is 0.714. The van der Waals surface area contributed by atoms with E-state index in [4.69, 9.17) is 14.2 Å². The van der Waals surface area contributed by atoms with Crippen LogP contribution in [0.3, 0.4) is 0 Å². The summed E-state index contributed by atoms with van der Waals surface area (Å²) < 4.78 is 43.6. The van der Waals surface area contributed by atoms with Gasteiger partial charge in [-0.05, 0) is 30.9 Å². The summed E-state index contributed by atoms with van der Waals surface area (Å²) in [6.45, 7) is 2.20. The van der Waals surface area contributed by atoms with E-state index in [-0.39, 0.29) is 5.92 Å². The maximum Gasteiger partial charge on any atom is 0.285 e. The van der Waals surface area contributed by atoms with Crippen LogP contribution in [0.5, 0.6) is 0 Å². The van der Waals surface area contributed by atoms with Gasteiger partial charge in [0.05, 0.1) is 0 Å². The summed E-state index contributed by atoms with van der Waals surface area (Å²) in [6.07, 6.45) is 9.13. The maximum absolute atomic E-state index is 13.9. The first-order valence-corrected chi connectivity index (χ1v) is 9.62. The van der Waals surface area contributed by atoms with E-state index in [9.17, 15) is 8.78 Å². The fourth-order valence-electron chi connectivity index (χ4n) is 3.47. The van der Waals surface area contributed by atoms with Gasteiger partial charge in [-0.1, -0.05) is 51.5 Å². The Bertz CT molecular complexity index is 496. The highest BCUT2D eigenvalue weighted by Gasteiger charge is 2.39.